The van der Waals surface area contributed by atoms with Crippen molar-refractivity contribution in [3.63, 3.8) is 0 Å². The van der Waals surface area contributed by atoms with Crippen molar-refractivity contribution in [3.05, 3.63) is 71.4 Å². The number of carbonyl (C=O) groups excluding carboxylic acids is 1. The van der Waals surface area contributed by atoms with E-state index < -0.39 is 0 Å². The monoisotopic (exact) mass is 401 g/mol. The lowest BCUT2D eigenvalue weighted by Crippen LogP contribution is -2.41. The van der Waals surface area contributed by atoms with Crippen LogP contribution in [0.15, 0.2) is 54.6 Å². The van der Waals surface area contributed by atoms with Gasteiger partial charge in [0.2, 0.25) is 5.91 Å². The van der Waals surface area contributed by atoms with E-state index in [9.17, 15) is 4.79 Å². The summed E-state index contributed by atoms with van der Waals surface area (Å²) < 4.78 is 2.46. The summed E-state index contributed by atoms with van der Waals surface area (Å²) in [6.45, 7) is 5.96. The van der Waals surface area contributed by atoms with Crippen molar-refractivity contribution < 1.29 is 4.79 Å². The van der Waals surface area contributed by atoms with Gasteiger partial charge in [0.15, 0.2) is 0 Å². The van der Waals surface area contributed by atoms with Gasteiger partial charge in [0.25, 0.3) is 0 Å². The smallest absolute Gasteiger partial charge is 0.223 e. The molecule has 2 fully saturated rings. The first-order valence-corrected chi connectivity index (χ1v) is 11.3. The molecule has 2 heterocycles. The zero-order valence-corrected chi connectivity index (χ0v) is 17.8. The summed E-state index contributed by atoms with van der Waals surface area (Å²) in [5.74, 6) is 0.478. The minimum absolute atomic E-state index is 0.195. The van der Waals surface area contributed by atoms with E-state index in [1.807, 2.05) is 0 Å². The van der Waals surface area contributed by atoms with Gasteiger partial charge in [-0.2, -0.15) is 0 Å². The Labute approximate surface area is 178 Å². The molecule has 1 N–H and O–H groups in total. The van der Waals surface area contributed by atoms with Gasteiger partial charge in [-0.05, 0) is 68.8 Å². The number of hydrogen-bond acceptors (Lipinski definition) is 2. The van der Waals surface area contributed by atoms with E-state index in [1.54, 1.807) is 0 Å². The zero-order valence-electron chi connectivity index (χ0n) is 17.8. The summed E-state index contributed by atoms with van der Waals surface area (Å²) in [7, 11) is 0. The number of nitrogens with zero attached hydrogens (tertiary/aromatic N) is 2. The van der Waals surface area contributed by atoms with Crippen LogP contribution >= 0.6 is 0 Å². The molecule has 0 radical (unpaired) electrons. The van der Waals surface area contributed by atoms with Gasteiger partial charge in [0.1, 0.15) is 0 Å². The van der Waals surface area contributed by atoms with E-state index in [-0.39, 0.29) is 11.8 Å². The minimum Gasteiger partial charge on any atom is -0.353 e. The average molecular weight is 402 g/mol. The number of rotatable bonds is 6. The van der Waals surface area contributed by atoms with Crippen LogP contribution in [0, 0.1) is 12.8 Å². The second kappa shape index (κ2) is 8.27. The highest BCUT2D eigenvalue weighted by Crippen LogP contribution is 2.26. The molecule has 2 aliphatic rings. The summed E-state index contributed by atoms with van der Waals surface area (Å²) in [6.07, 6.45) is 4.26. The number of carbonyl (C=O) groups is 1. The molecule has 1 amide bonds. The topological polar surface area (TPSA) is 37.3 Å². The highest BCUT2D eigenvalue weighted by molar-refractivity contribution is 5.81. The van der Waals surface area contributed by atoms with Crippen LogP contribution in [0.2, 0.25) is 0 Å². The fourth-order valence-corrected chi connectivity index (χ4v) is 4.59. The summed E-state index contributed by atoms with van der Waals surface area (Å²) in [5, 5.41) is 4.49. The molecule has 156 valence electrons. The van der Waals surface area contributed by atoms with Crippen LogP contribution in [-0.4, -0.2) is 34.5 Å². The molecule has 0 atom stereocenters. The molecule has 30 heavy (non-hydrogen) atoms. The van der Waals surface area contributed by atoms with E-state index in [4.69, 9.17) is 0 Å². The van der Waals surface area contributed by atoms with Gasteiger partial charge in [-0.25, -0.2) is 0 Å². The molecule has 1 aromatic heterocycles. The SMILES string of the molecule is Cc1ccc(Cn2c(CN3CCC(C(=O)NC4CC4)CC3)cc3ccccc32)cc1. The third-order valence-electron chi connectivity index (χ3n) is 6.63. The first-order chi connectivity index (χ1) is 14.7. The number of nitrogens with one attached hydrogen (secondary N) is 1. The van der Waals surface area contributed by atoms with E-state index in [0.29, 0.717) is 6.04 Å². The number of benzene rings is 2. The van der Waals surface area contributed by atoms with Gasteiger partial charge in [-0.3, -0.25) is 9.69 Å². The highest BCUT2D eigenvalue weighted by atomic mass is 16.2. The lowest BCUT2D eigenvalue weighted by molar-refractivity contribution is -0.126. The van der Waals surface area contributed by atoms with Crippen molar-refractivity contribution >= 4 is 16.8 Å². The van der Waals surface area contributed by atoms with Crippen LogP contribution in [0.1, 0.15) is 42.5 Å². The Hall–Kier alpha value is -2.59. The molecule has 1 aliphatic heterocycles. The normalized spacial score (nSPS) is 18.0. The van der Waals surface area contributed by atoms with Crippen molar-refractivity contribution in [2.75, 3.05) is 13.1 Å². The molecule has 4 nitrogen and oxygen atoms in total. The second-order valence-corrected chi connectivity index (χ2v) is 9.10. The Balaban J connectivity index is 1.30. The molecule has 1 saturated carbocycles. The Bertz CT molecular complexity index is 1020. The molecule has 0 unspecified atom stereocenters. The molecule has 2 aromatic carbocycles. The maximum Gasteiger partial charge on any atom is 0.223 e. The van der Waals surface area contributed by atoms with Gasteiger partial charge in [0.05, 0.1) is 0 Å². The first kappa shape index (κ1) is 19.4. The molecule has 1 aliphatic carbocycles. The van der Waals surface area contributed by atoms with E-state index in [0.717, 1.165) is 51.9 Å². The fraction of sp³-hybridized carbons (Fsp3) is 0.423. The fourth-order valence-electron chi connectivity index (χ4n) is 4.59. The maximum absolute atomic E-state index is 12.4. The standard InChI is InChI=1S/C26H31N3O/c1-19-6-8-20(9-7-19)17-29-24(16-22-4-2-3-5-25(22)29)18-28-14-12-21(13-15-28)26(30)27-23-10-11-23/h2-9,16,21,23H,10-15,17-18H2,1H3,(H,27,30). The van der Waals surface area contributed by atoms with Crippen molar-refractivity contribution in [2.24, 2.45) is 5.92 Å². The number of hydrogen-bond donors (Lipinski definition) is 1. The molecule has 0 spiro atoms. The number of fused-ring (bicyclic) bond motifs is 1. The number of para-hydroxylation sites is 1. The third kappa shape index (κ3) is 4.29. The Morgan fingerprint density at radius 2 is 1.70 bits per heavy atom. The lowest BCUT2D eigenvalue weighted by atomic mass is 9.96. The predicted molar refractivity (Wildman–Crippen MR) is 121 cm³/mol. The third-order valence-corrected chi connectivity index (χ3v) is 6.63. The molecular formula is C26H31N3O. The van der Waals surface area contributed by atoms with Crippen molar-refractivity contribution in [3.8, 4) is 0 Å². The van der Waals surface area contributed by atoms with Gasteiger partial charge >= 0.3 is 0 Å². The molecule has 1 saturated heterocycles. The van der Waals surface area contributed by atoms with Crippen LogP contribution in [0.25, 0.3) is 10.9 Å². The Kier molecular flexibility index (Phi) is 5.34. The Morgan fingerprint density at radius 3 is 2.43 bits per heavy atom. The molecular weight excluding hydrogens is 370 g/mol. The van der Waals surface area contributed by atoms with Crippen LogP contribution < -0.4 is 5.32 Å². The van der Waals surface area contributed by atoms with Crippen LogP contribution in [-0.2, 0) is 17.9 Å². The summed E-state index contributed by atoms with van der Waals surface area (Å²) in [6, 6.07) is 20.3. The van der Waals surface area contributed by atoms with Crippen LogP contribution in [0.3, 0.4) is 0 Å². The zero-order chi connectivity index (χ0) is 20.5. The minimum atomic E-state index is 0.195. The average Bonchev–Trinajstić information content (AvgIpc) is 3.51. The van der Waals surface area contributed by atoms with Crippen LogP contribution in [0.5, 0.6) is 0 Å². The number of amides is 1. The van der Waals surface area contributed by atoms with Gasteiger partial charge in [-0.1, -0.05) is 48.0 Å². The van der Waals surface area contributed by atoms with E-state index in [2.05, 4.69) is 76.3 Å². The van der Waals surface area contributed by atoms with Crippen molar-refractivity contribution in [1.82, 2.24) is 14.8 Å². The molecule has 4 heteroatoms. The largest absolute Gasteiger partial charge is 0.353 e. The van der Waals surface area contributed by atoms with Crippen LogP contribution in [0.4, 0.5) is 0 Å². The van der Waals surface area contributed by atoms with E-state index in [1.165, 1.54) is 27.7 Å². The van der Waals surface area contributed by atoms with Gasteiger partial charge < -0.3 is 9.88 Å². The maximum atomic E-state index is 12.4. The lowest BCUT2D eigenvalue weighted by Gasteiger charge is -2.31. The van der Waals surface area contributed by atoms with Gasteiger partial charge in [-0.15, -0.1) is 0 Å². The molecule has 0 bridgehead atoms. The first-order valence-electron chi connectivity index (χ1n) is 11.3. The van der Waals surface area contributed by atoms with Crippen molar-refractivity contribution in [1.29, 1.82) is 0 Å². The number of aromatic nitrogens is 1. The van der Waals surface area contributed by atoms with E-state index >= 15 is 0 Å². The summed E-state index contributed by atoms with van der Waals surface area (Å²) >= 11 is 0. The number of piperidine rings is 1. The second-order valence-electron chi connectivity index (χ2n) is 9.10. The Morgan fingerprint density at radius 1 is 0.967 bits per heavy atom. The highest BCUT2D eigenvalue weighted by Gasteiger charge is 2.30. The summed E-state index contributed by atoms with van der Waals surface area (Å²) in [4.78, 5) is 14.9. The quantitative estimate of drug-likeness (QED) is 0.661. The summed E-state index contributed by atoms with van der Waals surface area (Å²) in [5.41, 5.74) is 5.29. The van der Waals surface area contributed by atoms with Gasteiger partial charge in [0, 0.05) is 36.3 Å². The predicted octanol–water partition coefficient (Wildman–Crippen LogP) is 4.49. The van der Waals surface area contributed by atoms with Crippen molar-refractivity contribution in [2.45, 2.75) is 51.7 Å². The number of likely N-dealkylation sites (tertiary alicyclic amines) is 1. The molecule has 5 rings (SSSR count). The number of aryl methyl sites for hydroxylation is 1. The molecule has 3 aromatic rings.